The molecule has 0 bridgehead atoms. The number of rotatable bonds is 9. The van der Waals surface area contributed by atoms with Crippen molar-refractivity contribution in [2.24, 2.45) is 0 Å². The van der Waals surface area contributed by atoms with Crippen LogP contribution in [0.25, 0.3) is 101 Å². The van der Waals surface area contributed by atoms with E-state index < -0.39 is 0 Å². The first-order chi connectivity index (χ1) is 37.7. The molecule has 0 aliphatic rings. The molecular weight excluding hydrogens is 967 g/mol. The van der Waals surface area contributed by atoms with Crippen LogP contribution in [0, 0.1) is 27.7 Å². The summed E-state index contributed by atoms with van der Waals surface area (Å²) >= 11 is 0. The molecule has 0 radical (unpaired) electrons. The summed E-state index contributed by atoms with van der Waals surface area (Å²) in [6.45, 7) is 35.9. The van der Waals surface area contributed by atoms with Gasteiger partial charge in [-0.3, -0.25) is 0 Å². The smallest absolute Gasteiger partial charge is 0.164 e. The van der Waals surface area contributed by atoms with Crippen LogP contribution in [-0.2, 0) is 21.7 Å². The van der Waals surface area contributed by atoms with Crippen LogP contribution >= 0.6 is 0 Å². The van der Waals surface area contributed by atoms with E-state index in [9.17, 15) is 0 Å². The average Bonchev–Trinajstić information content (AvgIpc) is 3.62. The largest absolute Gasteiger partial charge is 0.208 e. The SMILES string of the molecule is Cc1ccc(-c2nc(-c3cc(-c4cc(-c5ccc(C(C)(C)C)cc5)cc(-c5ccc(C(C)(C)C)cc5)c4)cc(-c4cc(-c5ccc(C(C)(C)C)cc5)cc(-c5ccc(C(C)(C)C)cc5)c4)c3)nc(-c3ccc(C)c(C)c3)n2)cc1C. The summed E-state index contributed by atoms with van der Waals surface area (Å²) in [6.07, 6.45) is 0. The predicted molar refractivity (Wildman–Crippen MR) is 342 cm³/mol. The molecule has 1 aromatic heterocycles. The van der Waals surface area contributed by atoms with Gasteiger partial charge in [0.25, 0.3) is 0 Å². The van der Waals surface area contributed by atoms with Gasteiger partial charge < -0.3 is 0 Å². The highest BCUT2D eigenvalue weighted by molar-refractivity contribution is 5.88. The minimum Gasteiger partial charge on any atom is -0.208 e. The van der Waals surface area contributed by atoms with Crippen molar-refractivity contribution >= 4 is 0 Å². The molecule has 402 valence electrons. The Morgan fingerprint density at radius 3 is 0.588 bits per heavy atom. The number of hydrogen-bond donors (Lipinski definition) is 0. The van der Waals surface area contributed by atoms with E-state index in [1.807, 2.05) is 0 Å². The van der Waals surface area contributed by atoms with Gasteiger partial charge >= 0.3 is 0 Å². The third kappa shape index (κ3) is 12.1. The molecule has 3 nitrogen and oxygen atoms in total. The molecule has 0 N–H and O–H groups in total. The number of nitrogens with zero attached hydrogens (tertiary/aromatic N) is 3. The molecule has 1 heterocycles. The minimum absolute atomic E-state index is 0.0332. The number of hydrogen-bond acceptors (Lipinski definition) is 3. The van der Waals surface area contributed by atoms with E-state index in [0.717, 1.165) is 61.2 Å². The van der Waals surface area contributed by atoms with E-state index in [4.69, 9.17) is 15.0 Å². The van der Waals surface area contributed by atoms with Crippen LogP contribution in [-0.4, -0.2) is 15.0 Å². The normalized spacial score (nSPS) is 12.2. The summed E-state index contributed by atoms with van der Waals surface area (Å²) < 4.78 is 0. The Labute approximate surface area is 478 Å². The van der Waals surface area contributed by atoms with Crippen LogP contribution < -0.4 is 0 Å². The molecule has 0 saturated heterocycles. The Morgan fingerprint density at radius 2 is 0.375 bits per heavy atom. The summed E-state index contributed by atoms with van der Waals surface area (Å²) in [5.41, 5.74) is 26.6. The second kappa shape index (κ2) is 21.2. The van der Waals surface area contributed by atoms with Crippen molar-refractivity contribution in [2.75, 3.05) is 0 Å². The maximum Gasteiger partial charge on any atom is 0.164 e. The summed E-state index contributed by atoms with van der Waals surface area (Å²) in [5.74, 6) is 1.90. The quantitative estimate of drug-likeness (QED) is 0.145. The van der Waals surface area contributed by atoms with Crippen molar-refractivity contribution in [2.45, 2.75) is 132 Å². The molecule has 0 aliphatic carbocycles. The first kappa shape index (κ1) is 55.3. The fourth-order valence-corrected chi connectivity index (χ4v) is 10.5. The van der Waals surface area contributed by atoms with Crippen LogP contribution in [0.1, 0.15) is 128 Å². The van der Waals surface area contributed by atoms with Gasteiger partial charge in [0.1, 0.15) is 0 Å². The molecule has 9 aromatic carbocycles. The molecule has 0 atom stereocenters. The zero-order valence-corrected chi connectivity index (χ0v) is 50.2. The van der Waals surface area contributed by atoms with E-state index in [1.165, 1.54) is 66.8 Å². The van der Waals surface area contributed by atoms with Crippen molar-refractivity contribution in [3.8, 4) is 101 Å². The van der Waals surface area contributed by atoms with Crippen molar-refractivity contribution in [1.29, 1.82) is 0 Å². The van der Waals surface area contributed by atoms with Gasteiger partial charge in [-0.15, -0.1) is 0 Å². The fraction of sp³-hybridized carbons (Fsp3) is 0.260. The molecule has 0 amide bonds. The second-order valence-electron chi connectivity index (χ2n) is 26.6. The maximum atomic E-state index is 5.43. The minimum atomic E-state index is 0.0332. The Hall–Kier alpha value is -8.01. The van der Waals surface area contributed by atoms with Crippen LogP contribution in [0.5, 0.6) is 0 Å². The Morgan fingerprint density at radius 1 is 0.188 bits per heavy atom. The van der Waals surface area contributed by atoms with Crippen molar-refractivity contribution in [3.63, 3.8) is 0 Å². The lowest BCUT2D eigenvalue weighted by molar-refractivity contribution is 0.590. The van der Waals surface area contributed by atoms with Gasteiger partial charge in [0, 0.05) is 16.7 Å². The third-order valence-corrected chi connectivity index (χ3v) is 16.2. The number of benzene rings is 9. The molecule has 0 spiro atoms. The zero-order chi connectivity index (χ0) is 57.1. The van der Waals surface area contributed by atoms with Crippen molar-refractivity contribution in [3.05, 3.63) is 233 Å². The lowest BCUT2D eigenvalue weighted by atomic mass is 9.84. The van der Waals surface area contributed by atoms with E-state index in [1.54, 1.807) is 0 Å². The molecular formula is C77H79N3. The summed E-state index contributed by atoms with van der Waals surface area (Å²) in [7, 11) is 0. The lowest BCUT2D eigenvalue weighted by Gasteiger charge is -2.20. The fourth-order valence-electron chi connectivity index (χ4n) is 10.5. The van der Waals surface area contributed by atoms with Crippen LogP contribution in [0.2, 0.25) is 0 Å². The highest BCUT2D eigenvalue weighted by Crippen LogP contribution is 2.42. The van der Waals surface area contributed by atoms with Gasteiger partial charge in [0.2, 0.25) is 0 Å². The molecule has 0 unspecified atom stereocenters. The molecule has 10 aromatic rings. The zero-order valence-electron chi connectivity index (χ0n) is 50.2. The topological polar surface area (TPSA) is 38.7 Å². The van der Waals surface area contributed by atoms with Gasteiger partial charge in [-0.1, -0.05) is 204 Å². The third-order valence-electron chi connectivity index (χ3n) is 16.2. The number of aryl methyl sites for hydroxylation is 4. The number of aromatic nitrogens is 3. The van der Waals surface area contributed by atoms with Gasteiger partial charge in [0.15, 0.2) is 17.5 Å². The first-order valence-corrected chi connectivity index (χ1v) is 28.5. The van der Waals surface area contributed by atoms with E-state index >= 15 is 0 Å². The lowest BCUT2D eigenvalue weighted by Crippen LogP contribution is -2.10. The van der Waals surface area contributed by atoms with Crippen LogP contribution in [0.4, 0.5) is 0 Å². The Balaban J connectivity index is 1.26. The molecule has 3 heteroatoms. The van der Waals surface area contributed by atoms with E-state index in [-0.39, 0.29) is 21.7 Å². The van der Waals surface area contributed by atoms with E-state index in [0.29, 0.717) is 17.5 Å². The average molecular weight is 1050 g/mol. The molecule has 0 fully saturated rings. The van der Waals surface area contributed by atoms with Gasteiger partial charge in [-0.25, -0.2) is 15.0 Å². The van der Waals surface area contributed by atoms with Gasteiger partial charge in [-0.2, -0.15) is 0 Å². The standard InChI is InChI=1S/C77H79N3/c1-48-17-19-56(37-50(48)3)71-78-72(57-20-18-49(2)51(4)38-57)80-73(79-71)66-46-64(62-41-58(52-21-29-67(30-22-52)74(5,6)7)39-59(42-62)53-23-31-68(32-24-53)75(8,9)10)45-65(47-66)63-43-60(54-25-33-69(34-26-54)76(11,12)13)40-61(44-63)55-27-35-70(36-28-55)77(14,15)16/h17-47H,1-16H3. The summed E-state index contributed by atoms with van der Waals surface area (Å²) in [5, 5.41) is 0. The highest BCUT2D eigenvalue weighted by atomic mass is 15.0. The van der Waals surface area contributed by atoms with Crippen LogP contribution in [0.15, 0.2) is 188 Å². The molecule has 0 aliphatic heterocycles. The predicted octanol–water partition coefficient (Wildman–Crippen LogP) is 21.3. The summed E-state index contributed by atoms with van der Waals surface area (Å²) in [6, 6.07) is 70.8. The van der Waals surface area contributed by atoms with Crippen molar-refractivity contribution in [1.82, 2.24) is 15.0 Å². The Kier molecular flexibility index (Phi) is 14.7. The van der Waals surface area contributed by atoms with E-state index in [2.05, 4.69) is 299 Å². The van der Waals surface area contributed by atoms with Crippen molar-refractivity contribution < 1.29 is 0 Å². The second-order valence-corrected chi connectivity index (χ2v) is 26.6. The maximum absolute atomic E-state index is 5.43. The first-order valence-electron chi connectivity index (χ1n) is 28.5. The molecule has 0 saturated carbocycles. The summed E-state index contributed by atoms with van der Waals surface area (Å²) in [4.78, 5) is 16.1. The van der Waals surface area contributed by atoms with Gasteiger partial charge in [0.05, 0.1) is 0 Å². The monoisotopic (exact) mass is 1050 g/mol. The molecule has 80 heavy (non-hydrogen) atoms. The van der Waals surface area contributed by atoms with Gasteiger partial charge in [-0.05, 0) is 227 Å². The molecule has 10 rings (SSSR count). The highest BCUT2D eigenvalue weighted by Gasteiger charge is 2.21. The Bertz CT molecular complexity index is 3500. The van der Waals surface area contributed by atoms with Crippen LogP contribution in [0.3, 0.4) is 0 Å².